The van der Waals surface area contributed by atoms with Crippen molar-refractivity contribution in [2.24, 2.45) is 0 Å². The minimum absolute atomic E-state index is 0.417. The summed E-state index contributed by atoms with van der Waals surface area (Å²) in [4.78, 5) is 15.2. The van der Waals surface area contributed by atoms with Crippen LogP contribution in [-0.4, -0.2) is 20.3 Å². The van der Waals surface area contributed by atoms with Gasteiger partial charge in [0, 0.05) is 0 Å². The number of carbonyl (C=O) groups is 1. The van der Waals surface area contributed by atoms with E-state index in [2.05, 4.69) is 4.84 Å². The van der Waals surface area contributed by atoms with Crippen molar-refractivity contribution in [2.75, 3.05) is 14.2 Å². The number of hydroxylamine groups is 1. The van der Waals surface area contributed by atoms with Gasteiger partial charge in [0.25, 0.3) is 0 Å². The first-order valence-electron chi connectivity index (χ1n) is 3.91. The highest BCUT2D eigenvalue weighted by molar-refractivity contribution is 5.69. The summed E-state index contributed by atoms with van der Waals surface area (Å²) in [6.45, 7) is 0. The molecule has 1 aromatic rings. The number of nitrogens with one attached hydrogen (secondary N) is 1. The molecule has 5 nitrogen and oxygen atoms in total. The minimum atomic E-state index is -0.669. The Kier molecular flexibility index (Phi) is 3.75. The second kappa shape index (κ2) is 5.08. The van der Waals surface area contributed by atoms with Gasteiger partial charge in [0.15, 0.2) is 0 Å². The Morgan fingerprint density at radius 2 is 1.71 bits per heavy atom. The van der Waals surface area contributed by atoms with Crippen molar-refractivity contribution >= 4 is 6.09 Å². The lowest BCUT2D eigenvalue weighted by atomic mass is 10.3. The largest absolute Gasteiger partial charge is 0.497 e. The molecule has 0 aromatic heterocycles. The van der Waals surface area contributed by atoms with Crippen LogP contribution in [0.25, 0.3) is 0 Å². The van der Waals surface area contributed by atoms with Gasteiger partial charge < -0.3 is 9.47 Å². The van der Waals surface area contributed by atoms with Gasteiger partial charge in [0.05, 0.1) is 14.2 Å². The number of methoxy groups -OCH3 is 1. The molecule has 76 valence electrons. The van der Waals surface area contributed by atoms with Gasteiger partial charge in [-0.25, -0.2) is 4.79 Å². The SMILES string of the molecule is CONC(=O)Oc1ccc(OC)cc1. The number of rotatable bonds is 3. The Labute approximate surface area is 81.5 Å². The molecule has 0 aliphatic heterocycles. The van der Waals surface area contributed by atoms with Gasteiger partial charge >= 0.3 is 6.09 Å². The average Bonchev–Trinajstić information content (AvgIpc) is 2.19. The van der Waals surface area contributed by atoms with Crippen molar-refractivity contribution in [3.63, 3.8) is 0 Å². The molecule has 0 bridgehead atoms. The first kappa shape index (κ1) is 10.3. The summed E-state index contributed by atoms with van der Waals surface area (Å²) in [7, 11) is 2.89. The van der Waals surface area contributed by atoms with Gasteiger partial charge in [-0.05, 0) is 24.3 Å². The molecule has 14 heavy (non-hydrogen) atoms. The molecule has 0 spiro atoms. The van der Waals surface area contributed by atoms with Crippen LogP contribution in [0.1, 0.15) is 0 Å². The van der Waals surface area contributed by atoms with E-state index in [1.54, 1.807) is 31.4 Å². The summed E-state index contributed by atoms with van der Waals surface area (Å²) in [5.41, 5.74) is 2.03. The van der Waals surface area contributed by atoms with Crippen molar-refractivity contribution in [1.82, 2.24) is 5.48 Å². The fraction of sp³-hybridized carbons (Fsp3) is 0.222. The molecule has 0 radical (unpaired) electrons. The Morgan fingerprint density at radius 3 is 2.21 bits per heavy atom. The predicted octanol–water partition coefficient (Wildman–Crippen LogP) is 1.34. The van der Waals surface area contributed by atoms with Crippen LogP contribution in [-0.2, 0) is 4.84 Å². The zero-order valence-electron chi connectivity index (χ0n) is 7.94. The number of ether oxygens (including phenoxy) is 2. The van der Waals surface area contributed by atoms with Gasteiger partial charge in [-0.1, -0.05) is 0 Å². The number of amides is 1. The maximum Gasteiger partial charge on any atom is 0.436 e. The lowest BCUT2D eigenvalue weighted by Gasteiger charge is -2.04. The Bertz CT molecular complexity index is 296. The maximum atomic E-state index is 10.9. The standard InChI is InChI=1S/C9H11NO4/c1-12-7-3-5-8(6-4-7)14-9(11)10-13-2/h3-6H,1-2H3,(H,10,11). The number of carbonyl (C=O) groups excluding carboxylic acids is 1. The molecule has 0 heterocycles. The van der Waals surface area contributed by atoms with Crippen molar-refractivity contribution in [3.8, 4) is 11.5 Å². The third kappa shape index (κ3) is 2.95. The summed E-state index contributed by atoms with van der Waals surface area (Å²) >= 11 is 0. The van der Waals surface area contributed by atoms with E-state index in [4.69, 9.17) is 9.47 Å². The molecule has 5 heteroatoms. The van der Waals surface area contributed by atoms with E-state index in [0.29, 0.717) is 11.5 Å². The summed E-state index contributed by atoms with van der Waals surface area (Å²) in [5.74, 6) is 1.12. The summed E-state index contributed by atoms with van der Waals surface area (Å²) < 4.78 is 9.76. The average molecular weight is 197 g/mol. The van der Waals surface area contributed by atoms with Gasteiger partial charge in [-0.3, -0.25) is 4.84 Å². The predicted molar refractivity (Wildman–Crippen MR) is 49.2 cm³/mol. The molecule has 1 N–H and O–H groups in total. The molecular formula is C9H11NO4. The number of hydrogen-bond donors (Lipinski definition) is 1. The Morgan fingerprint density at radius 1 is 1.14 bits per heavy atom. The monoisotopic (exact) mass is 197 g/mol. The summed E-state index contributed by atoms with van der Waals surface area (Å²) in [6, 6.07) is 6.62. The van der Waals surface area contributed by atoms with Gasteiger partial charge in [0.2, 0.25) is 0 Å². The van der Waals surface area contributed by atoms with Crippen molar-refractivity contribution in [1.29, 1.82) is 0 Å². The minimum Gasteiger partial charge on any atom is -0.497 e. The van der Waals surface area contributed by atoms with Crippen LogP contribution in [0.4, 0.5) is 4.79 Å². The van der Waals surface area contributed by atoms with Crippen LogP contribution in [0.15, 0.2) is 24.3 Å². The van der Waals surface area contributed by atoms with E-state index >= 15 is 0 Å². The highest BCUT2D eigenvalue weighted by atomic mass is 16.7. The van der Waals surface area contributed by atoms with Crippen molar-refractivity contribution in [3.05, 3.63) is 24.3 Å². The summed E-state index contributed by atoms with van der Waals surface area (Å²) in [5, 5.41) is 0. The second-order valence-electron chi connectivity index (χ2n) is 2.37. The molecule has 1 aromatic carbocycles. The van der Waals surface area contributed by atoms with E-state index in [-0.39, 0.29) is 0 Å². The molecular weight excluding hydrogens is 186 g/mol. The quantitative estimate of drug-likeness (QED) is 0.743. The Hall–Kier alpha value is -1.75. The van der Waals surface area contributed by atoms with Gasteiger partial charge in [0.1, 0.15) is 11.5 Å². The smallest absolute Gasteiger partial charge is 0.436 e. The van der Waals surface area contributed by atoms with E-state index in [0.717, 1.165) is 0 Å². The highest BCUT2D eigenvalue weighted by Gasteiger charge is 2.02. The second-order valence-corrected chi connectivity index (χ2v) is 2.37. The third-order valence-corrected chi connectivity index (χ3v) is 1.46. The zero-order chi connectivity index (χ0) is 10.4. The first-order valence-corrected chi connectivity index (χ1v) is 3.91. The van der Waals surface area contributed by atoms with Crippen LogP contribution >= 0.6 is 0 Å². The lowest BCUT2D eigenvalue weighted by molar-refractivity contribution is 0.0846. The fourth-order valence-electron chi connectivity index (χ4n) is 0.855. The van der Waals surface area contributed by atoms with E-state index < -0.39 is 6.09 Å². The third-order valence-electron chi connectivity index (χ3n) is 1.46. The van der Waals surface area contributed by atoms with Crippen LogP contribution in [0, 0.1) is 0 Å². The van der Waals surface area contributed by atoms with Crippen LogP contribution in [0.3, 0.4) is 0 Å². The maximum absolute atomic E-state index is 10.9. The number of hydrogen-bond acceptors (Lipinski definition) is 4. The van der Waals surface area contributed by atoms with Crippen LogP contribution in [0.2, 0.25) is 0 Å². The molecule has 0 unspecified atom stereocenters. The molecule has 0 aliphatic carbocycles. The highest BCUT2D eigenvalue weighted by Crippen LogP contribution is 2.16. The Balaban J connectivity index is 2.55. The molecule has 0 saturated carbocycles. The topological polar surface area (TPSA) is 56.8 Å². The molecule has 0 saturated heterocycles. The van der Waals surface area contributed by atoms with E-state index in [1.165, 1.54) is 7.11 Å². The summed E-state index contributed by atoms with van der Waals surface area (Å²) in [6.07, 6.45) is -0.669. The van der Waals surface area contributed by atoms with Gasteiger partial charge in [-0.2, -0.15) is 5.48 Å². The first-order chi connectivity index (χ1) is 6.76. The molecule has 0 fully saturated rings. The van der Waals surface area contributed by atoms with Crippen LogP contribution in [0.5, 0.6) is 11.5 Å². The van der Waals surface area contributed by atoms with Crippen LogP contribution < -0.4 is 15.0 Å². The zero-order valence-corrected chi connectivity index (χ0v) is 7.94. The van der Waals surface area contributed by atoms with E-state index in [9.17, 15) is 4.79 Å². The molecule has 1 amide bonds. The molecule has 0 aliphatic rings. The van der Waals surface area contributed by atoms with Crippen molar-refractivity contribution in [2.45, 2.75) is 0 Å². The van der Waals surface area contributed by atoms with Gasteiger partial charge in [-0.15, -0.1) is 0 Å². The molecule has 0 atom stereocenters. The number of benzene rings is 1. The molecule has 1 rings (SSSR count). The fourth-order valence-corrected chi connectivity index (χ4v) is 0.855. The van der Waals surface area contributed by atoms with Crippen molar-refractivity contribution < 1.29 is 19.1 Å². The normalized spacial score (nSPS) is 9.29. The lowest BCUT2D eigenvalue weighted by Crippen LogP contribution is -2.25. The van der Waals surface area contributed by atoms with E-state index in [1.807, 2.05) is 5.48 Å².